The molecule has 0 atom stereocenters. The van der Waals surface area contributed by atoms with E-state index in [1.807, 2.05) is 0 Å². The molecule has 0 saturated carbocycles. The predicted octanol–water partition coefficient (Wildman–Crippen LogP) is 1.09. The Bertz CT molecular complexity index is 771. The molecule has 166 valence electrons. The van der Waals surface area contributed by atoms with Crippen LogP contribution in [0.4, 0.5) is 0 Å². The number of halogens is 2. The van der Waals surface area contributed by atoms with Gasteiger partial charge in [-0.1, -0.05) is 19.2 Å². The SMILES string of the molecule is C[C](C)=[Zr+2].C[Si](C)(C)OCC[Si](C)(C)C1=CC[C-]=C1.[Cl-].[Cl-].c1ccc2[cH-]ccc2c1. The van der Waals surface area contributed by atoms with Crippen LogP contribution in [-0.2, 0) is 28.7 Å². The standard InChI is InChI=1S/C12H23OSi2.C9H7.C3H6.2ClH.Zr/c1-14(2,3)13-10-11-15(4,5)12-8-6-7-9-12;1-2-5-9-7-3-6-8(9)4-1;1-3-2;;;/h8-9H,6,10-11H2,1-5H3;1-7H;1-2H3;2*1H;/q2*-1;;;;+2/p-2. The predicted molar refractivity (Wildman–Crippen MR) is 128 cm³/mol. The van der Waals surface area contributed by atoms with Crippen LogP contribution in [0.2, 0.25) is 38.8 Å². The zero-order chi connectivity index (χ0) is 21.2. The monoisotopic (exact) mass is 556 g/mol. The second-order valence-corrected chi connectivity index (χ2v) is 20.8. The summed E-state index contributed by atoms with van der Waals surface area (Å²) in [6.45, 7) is 16.8. The molecule has 0 bridgehead atoms. The first-order valence-electron chi connectivity index (χ1n) is 10.0. The van der Waals surface area contributed by atoms with Gasteiger partial charge < -0.3 is 29.2 Å². The maximum absolute atomic E-state index is 5.94. The largest absolute Gasteiger partial charge is 1.00 e. The summed E-state index contributed by atoms with van der Waals surface area (Å²) in [5.41, 5.74) is 0. The average Bonchev–Trinajstić information content (AvgIpc) is 3.25. The molecule has 2 aromatic carbocycles. The molecule has 30 heavy (non-hydrogen) atoms. The van der Waals surface area contributed by atoms with Crippen molar-refractivity contribution >= 4 is 30.4 Å². The van der Waals surface area contributed by atoms with Crippen LogP contribution in [0.5, 0.6) is 0 Å². The summed E-state index contributed by atoms with van der Waals surface area (Å²) in [6, 6.07) is 15.9. The normalized spacial score (nSPS) is 12.5. The van der Waals surface area contributed by atoms with Gasteiger partial charge in [0.2, 0.25) is 0 Å². The van der Waals surface area contributed by atoms with Crippen LogP contribution in [0.1, 0.15) is 20.3 Å². The minimum absolute atomic E-state index is 0. The molecule has 1 aliphatic carbocycles. The van der Waals surface area contributed by atoms with Crippen molar-refractivity contribution in [1.82, 2.24) is 0 Å². The van der Waals surface area contributed by atoms with Crippen LogP contribution in [-0.4, -0.2) is 26.2 Å². The van der Waals surface area contributed by atoms with Crippen LogP contribution < -0.4 is 24.8 Å². The summed E-state index contributed by atoms with van der Waals surface area (Å²) in [6.07, 6.45) is 8.81. The van der Waals surface area contributed by atoms with Crippen molar-refractivity contribution in [3.8, 4) is 0 Å². The van der Waals surface area contributed by atoms with E-state index in [0.29, 0.717) is 0 Å². The van der Waals surface area contributed by atoms with Crippen molar-refractivity contribution in [1.29, 1.82) is 0 Å². The number of rotatable bonds is 5. The summed E-state index contributed by atoms with van der Waals surface area (Å²) in [7, 11) is -2.55. The third-order valence-corrected chi connectivity index (χ3v) is 8.72. The van der Waals surface area contributed by atoms with Gasteiger partial charge in [-0.05, 0) is 33.8 Å². The molecule has 2 aromatic rings. The first kappa shape index (κ1) is 32.2. The van der Waals surface area contributed by atoms with Crippen molar-refractivity contribution in [2.75, 3.05) is 6.61 Å². The Kier molecular flexibility index (Phi) is 16.9. The number of hydrogen-bond acceptors (Lipinski definition) is 1. The van der Waals surface area contributed by atoms with Gasteiger partial charge >= 0.3 is 41.3 Å². The molecule has 1 aliphatic rings. The minimum Gasteiger partial charge on any atom is -1.00 e. The summed E-state index contributed by atoms with van der Waals surface area (Å²) in [5, 5.41) is 4.22. The van der Waals surface area contributed by atoms with Gasteiger partial charge in [0.15, 0.2) is 8.32 Å². The minimum atomic E-state index is -1.32. The maximum Gasteiger partial charge on any atom is 0.183 e. The van der Waals surface area contributed by atoms with E-state index >= 15 is 0 Å². The molecule has 6 heteroatoms. The molecule has 0 radical (unpaired) electrons. The second kappa shape index (κ2) is 15.8. The van der Waals surface area contributed by atoms with Gasteiger partial charge in [0.05, 0.1) is 0 Å². The van der Waals surface area contributed by atoms with E-state index in [-0.39, 0.29) is 24.8 Å². The Morgan fingerprint density at radius 3 is 2.17 bits per heavy atom. The molecule has 1 nitrogen and oxygen atoms in total. The van der Waals surface area contributed by atoms with Crippen LogP contribution in [0.15, 0.2) is 59.8 Å². The maximum atomic E-state index is 5.94. The molecular formula is C24H36Cl2OSi2Zr-2. The van der Waals surface area contributed by atoms with Gasteiger partial charge in [-0.25, -0.2) is 11.3 Å². The van der Waals surface area contributed by atoms with Crippen molar-refractivity contribution in [3.05, 3.63) is 65.9 Å². The van der Waals surface area contributed by atoms with Gasteiger partial charge in [0.1, 0.15) is 0 Å². The van der Waals surface area contributed by atoms with E-state index in [1.165, 1.54) is 20.0 Å². The molecule has 0 aromatic heterocycles. The van der Waals surface area contributed by atoms with E-state index in [9.17, 15) is 0 Å². The second-order valence-electron chi connectivity index (χ2n) is 8.96. The van der Waals surface area contributed by atoms with E-state index < -0.39 is 16.4 Å². The third kappa shape index (κ3) is 14.2. The van der Waals surface area contributed by atoms with Gasteiger partial charge in [0.25, 0.3) is 0 Å². The Morgan fingerprint density at radius 1 is 1.07 bits per heavy atom. The molecular weight excluding hydrogens is 523 g/mol. The van der Waals surface area contributed by atoms with Crippen molar-refractivity contribution in [2.45, 2.75) is 59.0 Å². The molecule has 3 rings (SSSR count). The Labute approximate surface area is 214 Å². The number of benzene rings is 1. The van der Waals surface area contributed by atoms with Crippen LogP contribution >= 0.6 is 0 Å². The summed E-state index contributed by atoms with van der Waals surface area (Å²) < 4.78 is 7.44. The third-order valence-electron chi connectivity index (χ3n) is 4.29. The zero-order valence-electron chi connectivity index (χ0n) is 19.5. The summed E-state index contributed by atoms with van der Waals surface area (Å²) in [4.78, 5) is 0. The fraction of sp³-hybridized carbons (Fsp3) is 0.417. The van der Waals surface area contributed by atoms with E-state index in [4.69, 9.17) is 4.43 Å². The smallest absolute Gasteiger partial charge is 0.183 e. The molecule has 0 fully saturated rings. The van der Waals surface area contributed by atoms with Gasteiger partial charge in [0, 0.05) is 6.61 Å². The number of fused-ring (bicyclic) bond motifs is 1. The molecule has 0 aliphatic heterocycles. The van der Waals surface area contributed by atoms with E-state index in [2.05, 4.69) is 107 Å². The fourth-order valence-electron chi connectivity index (χ4n) is 2.69. The van der Waals surface area contributed by atoms with Crippen LogP contribution in [0.3, 0.4) is 0 Å². The Hall–Kier alpha value is 0.0369. The number of hydrogen-bond donors (Lipinski definition) is 0. The van der Waals surface area contributed by atoms with Crippen molar-refractivity contribution in [2.24, 2.45) is 0 Å². The zero-order valence-corrected chi connectivity index (χ0v) is 25.5. The van der Waals surface area contributed by atoms with Gasteiger partial charge in [-0.15, -0.1) is 36.1 Å². The first-order valence-corrected chi connectivity index (χ1v) is 17.9. The van der Waals surface area contributed by atoms with Crippen LogP contribution in [0.25, 0.3) is 10.8 Å². The molecule has 0 heterocycles. The molecule has 0 saturated heterocycles. The topological polar surface area (TPSA) is 9.23 Å². The van der Waals surface area contributed by atoms with E-state index in [1.54, 1.807) is 29.4 Å². The quantitative estimate of drug-likeness (QED) is 0.395. The summed E-state index contributed by atoms with van der Waals surface area (Å²) in [5.74, 6) is 0. The molecule has 0 spiro atoms. The Balaban J connectivity index is 0. The fourth-order valence-corrected chi connectivity index (χ4v) is 5.66. The van der Waals surface area contributed by atoms with Crippen molar-refractivity contribution < 1.29 is 53.5 Å². The molecule has 0 unspecified atom stereocenters. The molecule has 0 N–H and O–H groups in total. The number of allylic oxidation sites excluding steroid dienone is 4. The molecule has 0 amide bonds. The average molecular weight is 559 g/mol. The van der Waals surface area contributed by atoms with Gasteiger partial charge in [-0.2, -0.15) is 23.6 Å². The Morgan fingerprint density at radius 2 is 1.67 bits per heavy atom. The van der Waals surface area contributed by atoms with Crippen LogP contribution in [0, 0.1) is 6.08 Å². The first-order chi connectivity index (χ1) is 13.0. The summed E-state index contributed by atoms with van der Waals surface area (Å²) >= 11 is 1.55. The van der Waals surface area contributed by atoms with Gasteiger partial charge in [-0.3, -0.25) is 6.08 Å². The van der Waals surface area contributed by atoms with Crippen molar-refractivity contribution in [3.63, 3.8) is 0 Å². The van der Waals surface area contributed by atoms with E-state index in [0.717, 1.165) is 13.0 Å².